The maximum absolute atomic E-state index is 4.93. The highest BCUT2D eigenvalue weighted by molar-refractivity contribution is 4.75. The Morgan fingerprint density at radius 1 is 1.15 bits per heavy atom. The van der Waals surface area contributed by atoms with Gasteiger partial charge in [-0.15, -0.1) is 0 Å². The molecule has 78 valence electrons. The molecule has 2 N–H and O–H groups in total. The third kappa shape index (κ3) is 6.99. The van der Waals surface area contributed by atoms with E-state index in [2.05, 4.69) is 10.6 Å². The molecular weight excluding hydrogens is 164 g/mol. The van der Waals surface area contributed by atoms with Gasteiger partial charge in [0.25, 0.3) is 0 Å². The monoisotopic (exact) mass is 186 g/mol. The first-order valence-electron chi connectivity index (χ1n) is 5.34. The van der Waals surface area contributed by atoms with E-state index in [4.69, 9.17) is 4.74 Å². The van der Waals surface area contributed by atoms with Gasteiger partial charge in [0.15, 0.2) is 0 Å². The summed E-state index contributed by atoms with van der Waals surface area (Å²) >= 11 is 0. The first kappa shape index (κ1) is 11.0. The molecule has 0 unspecified atom stereocenters. The fourth-order valence-corrected chi connectivity index (χ4v) is 1.27. The molecule has 0 bridgehead atoms. The van der Waals surface area contributed by atoms with Crippen molar-refractivity contribution >= 4 is 0 Å². The SMILES string of the molecule is COCCNCCCNCC1CC1. The largest absolute Gasteiger partial charge is 0.383 e. The summed E-state index contributed by atoms with van der Waals surface area (Å²) in [7, 11) is 1.73. The van der Waals surface area contributed by atoms with E-state index in [1.165, 1.54) is 25.8 Å². The topological polar surface area (TPSA) is 33.3 Å². The molecule has 1 aliphatic rings. The van der Waals surface area contributed by atoms with Crippen molar-refractivity contribution in [2.45, 2.75) is 19.3 Å². The van der Waals surface area contributed by atoms with Crippen LogP contribution in [0.3, 0.4) is 0 Å². The lowest BCUT2D eigenvalue weighted by atomic mass is 10.3. The second-order valence-electron chi connectivity index (χ2n) is 3.74. The van der Waals surface area contributed by atoms with Gasteiger partial charge in [0.05, 0.1) is 6.61 Å². The summed E-state index contributed by atoms with van der Waals surface area (Å²) in [4.78, 5) is 0. The van der Waals surface area contributed by atoms with Crippen LogP contribution in [-0.4, -0.2) is 39.9 Å². The number of nitrogens with one attached hydrogen (secondary N) is 2. The van der Waals surface area contributed by atoms with Crippen molar-refractivity contribution in [2.75, 3.05) is 39.9 Å². The Bertz CT molecular complexity index is 115. The zero-order valence-electron chi connectivity index (χ0n) is 8.64. The van der Waals surface area contributed by atoms with Gasteiger partial charge in [0.2, 0.25) is 0 Å². The van der Waals surface area contributed by atoms with E-state index in [-0.39, 0.29) is 0 Å². The predicted molar refractivity (Wildman–Crippen MR) is 55.0 cm³/mol. The van der Waals surface area contributed by atoms with Crippen LogP contribution < -0.4 is 10.6 Å². The molecule has 13 heavy (non-hydrogen) atoms. The number of hydrogen-bond donors (Lipinski definition) is 2. The lowest BCUT2D eigenvalue weighted by molar-refractivity contribution is 0.199. The molecular formula is C10H22N2O. The first-order valence-corrected chi connectivity index (χ1v) is 5.34. The highest BCUT2D eigenvalue weighted by Crippen LogP contribution is 2.27. The molecule has 1 aliphatic carbocycles. The lowest BCUT2D eigenvalue weighted by Crippen LogP contribution is -2.25. The van der Waals surface area contributed by atoms with Gasteiger partial charge < -0.3 is 15.4 Å². The van der Waals surface area contributed by atoms with Gasteiger partial charge in [-0.1, -0.05) is 0 Å². The van der Waals surface area contributed by atoms with Gasteiger partial charge in [0.1, 0.15) is 0 Å². The average Bonchev–Trinajstić information content (AvgIpc) is 2.93. The molecule has 0 aromatic carbocycles. The summed E-state index contributed by atoms with van der Waals surface area (Å²) in [5.74, 6) is 1.00. The maximum atomic E-state index is 4.93. The molecule has 0 radical (unpaired) electrons. The van der Waals surface area contributed by atoms with Gasteiger partial charge in [0, 0.05) is 13.7 Å². The second-order valence-corrected chi connectivity index (χ2v) is 3.74. The highest BCUT2D eigenvalue weighted by Gasteiger charge is 2.19. The molecule has 0 saturated heterocycles. The Balaban J connectivity index is 1.63. The quantitative estimate of drug-likeness (QED) is 0.518. The predicted octanol–water partition coefficient (Wildman–Crippen LogP) is 0.612. The molecule has 3 nitrogen and oxygen atoms in total. The average molecular weight is 186 g/mol. The fourth-order valence-electron chi connectivity index (χ4n) is 1.27. The summed E-state index contributed by atoms with van der Waals surface area (Å²) in [6.07, 6.45) is 4.11. The number of rotatable bonds is 9. The summed E-state index contributed by atoms with van der Waals surface area (Å²) in [5.41, 5.74) is 0. The van der Waals surface area contributed by atoms with Crippen molar-refractivity contribution in [2.24, 2.45) is 5.92 Å². The fraction of sp³-hybridized carbons (Fsp3) is 1.00. The van der Waals surface area contributed by atoms with Crippen molar-refractivity contribution < 1.29 is 4.74 Å². The molecule has 1 fully saturated rings. The van der Waals surface area contributed by atoms with Crippen molar-refractivity contribution in [3.63, 3.8) is 0 Å². The van der Waals surface area contributed by atoms with E-state index in [1.807, 2.05) is 0 Å². The second kappa shape index (κ2) is 7.30. The highest BCUT2D eigenvalue weighted by atomic mass is 16.5. The number of hydrogen-bond acceptors (Lipinski definition) is 3. The number of ether oxygens (including phenoxy) is 1. The summed E-state index contributed by atoms with van der Waals surface area (Å²) in [6.45, 7) is 5.27. The van der Waals surface area contributed by atoms with Gasteiger partial charge in [-0.2, -0.15) is 0 Å². The van der Waals surface area contributed by atoms with Crippen LogP contribution in [0.2, 0.25) is 0 Å². The minimum atomic E-state index is 0.815. The van der Waals surface area contributed by atoms with Crippen LogP contribution >= 0.6 is 0 Å². The Morgan fingerprint density at radius 2 is 1.92 bits per heavy atom. The number of methoxy groups -OCH3 is 1. The van der Waals surface area contributed by atoms with Crippen LogP contribution in [0.25, 0.3) is 0 Å². The molecule has 3 heteroatoms. The molecule has 0 aromatic heterocycles. The van der Waals surface area contributed by atoms with E-state index >= 15 is 0 Å². The summed E-state index contributed by atoms with van der Waals surface area (Å²) in [6, 6.07) is 0. The van der Waals surface area contributed by atoms with E-state index in [0.29, 0.717) is 0 Å². The molecule has 0 spiro atoms. The van der Waals surface area contributed by atoms with Gasteiger partial charge in [-0.25, -0.2) is 0 Å². The first-order chi connectivity index (χ1) is 6.43. The van der Waals surface area contributed by atoms with Crippen molar-refractivity contribution in [3.05, 3.63) is 0 Å². The molecule has 0 aromatic rings. The Kier molecular flexibility index (Phi) is 6.15. The zero-order valence-corrected chi connectivity index (χ0v) is 8.64. The Morgan fingerprint density at radius 3 is 2.62 bits per heavy atom. The Hall–Kier alpha value is -0.120. The molecule has 0 amide bonds. The van der Waals surface area contributed by atoms with Gasteiger partial charge >= 0.3 is 0 Å². The van der Waals surface area contributed by atoms with Crippen LogP contribution in [0.5, 0.6) is 0 Å². The molecule has 0 atom stereocenters. The van der Waals surface area contributed by atoms with Crippen molar-refractivity contribution in [1.82, 2.24) is 10.6 Å². The van der Waals surface area contributed by atoms with Crippen LogP contribution in [-0.2, 0) is 4.74 Å². The zero-order chi connectivity index (χ0) is 9.36. The van der Waals surface area contributed by atoms with Crippen LogP contribution in [0, 0.1) is 5.92 Å². The molecule has 1 rings (SSSR count). The summed E-state index contributed by atoms with van der Waals surface area (Å²) < 4.78 is 4.93. The third-order valence-corrected chi connectivity index (χ3v) is 2.32. The van der Waals surface area contributed by atoms with Crippen LogP contribution in [0.1, 0.15) is 19.3 Å². The molecule has 0 aliphatic heterocycles. The minimum Gasteiger partial charge on any atom is -0.383 e. The van der Waals surface area contributed by atoms with Crippen molar-refractivity contribution in [3.8, 4) is 0 Å². The molecule has 0 heterocycles. The minimum absolute atomic E-state index is 0.815. The van der Waals surface area contributed by atoms with Crippen molar-refractivity contribution in [1.29, 1.82) is 0 Å². The van der Waals surface area contributed by atoms with Gasteiger partial charge in [-0.05, 0) is 44.8 Å². The van der Waals surface area contributed by atoms with E-state index in [9.17, 15) is 0 Å². The smallest absolute Gasteiger partial charge is 0.0587 e. The standard InChI is InChI=1S/C10H22N2O/c1-13-8-7-11-5-2-6-12-9-10-3-4-10/h10-12H,2-9H2,1H3. The van der Waals surface area contributed by atoms with Gasteiger partial charge in [-0.3, -0.25) is 0 Å². The maximum Gasteiger partial charge on any atom is 0.0587 e. The van der Waals surface area contributed by atoms with E-state index in [1.54, 1.807) is 7.11 Å². The van der Waals surface area contributed by atoms with Crippen LogP contribution in [0.4, 0.5) is 0 Å². The summed E-state index contributed by atoms with van der Waals surface area (Å²) in [5, 5.41) is 6.79. The normalized spacial score (nSPS) is 16.4. The van der Waals surface area contributed by atoms with E-state index < -0.39 is 0 Å². The van der Waals surface area contributed by atoms with Crippen LogP contribution in [0.15, 0.2) is 0 Å². The Labute approximate surface area is 81.2 Å². The van der Waals surface area contributed by atoms with E-state index in [0.717, 1.165) is 32.2 Å². The molecule has 1 saturated carbocycles. The lowest BCUT2D eigenvalue weighted by Gasteiger charge is -2.04. The third-order valence-electron chi connectivity index (χ3n) is 2.32.